The first kappa shape index (κ1) is 40.6. The Balaban J connectivity index is 0.970. The Morgan fingerprint density at radius 3 is 1.86 bits per heavy atom. The summed E-state index contributed by atoms with van der Waals surface area (Å²) in [5.74, 6) is 0.827. The molecule has 6 aromatic rings. The van der Waals surface area contributed by atoms with Gasteiger partial charge in [-0.2, -0.15) is 34.8 Å². The van der Waals surface area contributed by atoms with Gasteiger partial charge < -0.3 is 13.6 Å². The fourth-order valence-electron chi connectivity index (χ4n) is 5.48. The van der Waals surface area contributed by atoms with Gasteiger partial charge in [-0.25, -0.2) is 9.97 Å². The van der Waals surface area contributed by atoms with E-state index in [4.69, 9.17) is 13.6 Å². The van der Waals surface area contributed by atoms with Gasteiger partial charge in [-0.15, -0.1) is 5.10 Å². The maximum absolute atomic E-state index is 12.9. The van der Waals surface area contributed by atoms with Crippen LogP contribution in [0.5, 0.6) is 5.75 Å². The number of nitrogens with zero attached hydrogens (tertiary/aromatic N) is 5. The van der Waals surface area contributed by atoms with Gasteiger partial charge in [0, 0.05) is 18.7 Å². The van der Waals surface area contributed by atoms with E-state index in [0.717, 1.165) is 48.9 Å². The largest absolute Gasteiger partial charge is 0.487 e. The Kier molecular flexibility index (Phi) is 11.8. The minimum Gasteiger partial charge on any atom is -0.487 e. The Bertz CT molecular complexity index is 2440. The van der Waals surface area contributed by atoms with E-state index < -0.39 is 38.3 Å². The molecule has 3 heterocycles. The van der Waals surface area contributed by atoms with Crippen LogP contribution in [0, 0.1) is 0 Å². The molecule has 57 heavy (non-hydrogen) atoms. The molecule has 0 spiro atoms. The Labute approximate surface area is 322 Å². The third-order valence-electron chi connectivity index (χ3n) is 8.85. The van der Waals surface area contributed by atoms with Crippen LogP contribution in [0.2, 0.25) is 0 Å². The van der Waals surface area contributed by atoms with Crippen LogP contribution in [0.3, 0.4) is 0 Å². The van der Waals surface area contributed by atoms with E-state index >= 15 is 0 Å². The Morgan fingerprint density at radius 1 is 0.737 bits per heavy atom. The van der Waals surface area contributed by atoms with Crippen molar-refractivity contribution in [2.45, 2.75) is 56.4 Å². The zero-order valence-electron chi connectivity index (χ0n) is 29.9. The summed E-state index contributed by atoms with van der Waals surface area (Å²) in [6, 6.07) is 16.6. The smallest absolute Gasteiger partial charge is 0.416 e. The summed E-state index contributed by atoms with van der Waals surface area (Å²) in [4.78, 5) is 8.49. The second-order valence-corrected chi connectivity index (χ2v) is 14.7. The lowest BCUT2D eigenvalue weighted by molar-refractivity contribution is -0.138. The second kappa shape index (κ2) is 16.6. The molecule has 0 bridgehead atoms. The lowest BCUT2D eigenvalue weighted by Gasteiger charge is -2.20. The first-order valence-electron chi connectivity index (χ1n) is 17.2. The van der Waals surface area contributed by atoms with Gasteiger partial charge in [0.05, 0.1) is 17.3 Å². The predicted molar refractivity (Wildman–Crippen MR) is 195 cm³/mol. The third kappa shape index (κ3) is 10.2. The van der Waals surface area contributed by atoms with Crippen LogP contribution in [-0.4, -0.2) is 37.9 Å². The van der Waals surface area contributed by atoms with Gasteiger partial charge in [0.2, 0.25) is 11.8 Å². The fourth-order valence-corrected chi connectivity index (χ4v) is 6.20. The molecule has 0 amide bonds. The number of oxazole rings is 2. The van der Waals surface area contributed by atoms with Crippen molar-refractivity contribution < 1.29 is 52.9 Å². The van der Waals surface area contributed by atoms with Crippen molar-refractivity contribution >= 4 is 34.4 Å². The molecule has 3 aromatic carbocycles. The van der Waals surface area contributed by atoms with E-state index in [1.807, 2.05) is 24.3 Å². The number of aryl methyl sites for hydroxylation is 2. The normalized spacial score (nSPS) is 13.8. The van der Waals surface area contributed by atoms with Gasteiger partial charge >= 0.3 is 12.4 Å². The number of unbranched alkanes of at least 4 members (excludes halogenated alkanes) is 1. The van der Waals surface area contributed by atoms with Crippen molar-refractivity contribution in [1.82, 2.24) is 25.0 Å². The summed E-state index contributed by atoms with van der Waals surface area (Å²) in [5, 5.41) is 8.04. The van der Waals surface area contributed by atoms with Crippen molar-refractivity contribution in [1.29, 1.82) is 0 Å². The van der Waals surface area contributed by atoms with Gasteiger partial charge in [0.1, 0.15) is 42.0 Å². The first-order valence-corrected chi connectivity index (χ1v) is 18.6. The topological polar surface area (TPSA) is 146 Å². The molecule has 0 aliphatic rings. The number of halogens is 6. The highest BCUT2D eigenvalue weighted by Gasteiger charge is 2.47. The van der Waals surface area contributed by atoms with Crippen LogP contribution < -0.4 is 4.74 Å². The summed E-state index contributed by atoms with van der Waals surface area (Å²) in [6.07, 6.45) is 3.08. The molecule has 1 atom stereocenters. The molecule has 0 aliphatic heterocycles. The average molecular weight is 814 g/mol. The maximum atomic E-state index is 12.9. The quantitative estimate of drug-likeness (QED) is 0.0605. The highest BCUT2D eigenvalue weighted by molar-refractivity contribution is 7.87. The van der Waals surface area contributed by atoms with Gasteiger partial charge in [-0.05, 0) is 91.4 Å². The van der Waals surface area contributed by atoms with Crippen molar-refractivity contribution in [2.75, 3.05) is 0 Å². The monoisotopic (exact) mass is 813 g/mol. The molecule has 0 saturated carbocycles. The van der Waals surface area contributed by atoms with Crippen LogP contribution in [0.15, 0.2) is 100 Å². The molecule has 3 aromatic heterocycles. The number of rotatable bonds is 15. The van der Waals surface area contributed by atoms with E-state index in [0.29, 0.717) is 35.5 Å². The lowest BCUT2D eigenvalue weighted by atomic mass is 10.0. The van der Waals surface area contributed by atoms with Crippen LogP contribution in [0.1, 0.15) is 76.4 Å². The van der Waals surface area contributed by atoms with Crippen LogP contribution in [0.25, 0.3) is 24.3 Å². The molecular weight excluding hydrogens is 781 g/mol. The zero-order valence-corrected chi connectivity index (χ0v) is 30.7. The van der Waals surface area contributed by atoms with Gasteiger partial charge in [0.15, 0.2) is 4.75 Å². The van der Waals surface area contributed by atoms with Crippen molar-refractivity contribution in [2.24, 2.45) is 0 Å². The van der Waals surface area contributed by atoms with Crippen LogP contribution in [-0.2, 0) is 46.8 Å². The number of hydrogen-bond donors (Lipinski definition) is 1. The van der Waals surface area contributed by atoms with E-state index in [1.165, 1.54) is 60.5 Å². The van der Waals surface area contributed by atoms with Crippen molar-refractivity contribution in [3.63, 3.8) is 0 Å². The summed E-state index contributed by atoms with van der Waals surface area (Å²) in [7, 11) is -4.85. The first-order chi connectivity index (χ1) is 27.0. The average Bonchev–Trinajstić information content (AvgIpc) is 3.96. The van der Waals surface area contributed by atoms with Crippen molar-refractivity contribution in [3.8, 4) is 5.75 Å². The minimum absolute atomic E-state index is 0.0527. The summed E-state index contributed by atoms with van der Waals surface area (Å²) in [5.41, 5.74) is 0.748. The lowest BCUT2D eigenvalue weighted by Crippen LogP contribution is -2.34. The Hall–Kier alpha value is -6.01. The second-order valence-electron chi connectivity index (χ2n) is 12.9. The molecule has 298 valence electrons. The number of ether oxygens (including phenoxy) is 1. The molecule has 0 aliphatic carbocycles. The molecule has 0 fully saturated rings. The molecule has 6 rings (SSSR count). The number of benzene rings is 3. The minimum atomic E-state index is -4.85. The van der Waals surface area contributed by atoms with Gasteiger partial charge in [-0.3, -0.25) is 9.23 Å². The molecule has 1 unspecified atom stereocenters. The summed E-state index contributed by atoms with van der Waals surface area (Å²) >= 11 is 0. The molecule has 1 N–H and O–H groups in total. The SMILES string of the molecule is CC(c1cn(CCCCc2ccc(OCc3coc(C=Cc4ccc(C(F)(F)F)cc4)n3)cc2)nn1)(c1coc(C=Cc2ccc(C(F)(F)F)cc2)n1)S(=O)(=O)O. The third-order valence-corrected chi connectivity index (χ3v) is 10.3. The zero-order chi connectivity index (χ0) is 40.8. The fraction of sp³-hybridized carbons (Fsp3) is 0.231. The highest BCUT2D eigenvalue weighted by Crippen LogP contribution is 2.36. The molecule has 11 nitrogen and oxygen atoms in total. The molecule has 0 saturated heterocycles. The van der Waals surface area contributed by atoms with Gasteiger partial charge in [-0.1, -0.05) is 41.6 Å². The van der Waals surface area contributed by atoms with Gasteiger partial charge in [0.25, 0.3) is 10.1 Å². The standard InChI is InChI=1S/C39H33F6N5O6S/c1-37(57(51,52)53,34-25-56-36(47-34)20-12-28-7-15-30(16-8-28)39(43,44)45)33-22-50(49-48-33)21-3-2-4-26-9-17-32(18-10-26)54-23-31-24-55-35(46-31)19-11-27-5-13-29(14-6-27)38(40,41)42/h5-20,22,24-25H,2-4,21,23H2,1H3,(H,51,52,53). The van der Waals surface area contributed by atoms with Crippen molar-refractivity contribution in [3.05, 3.63) is 148 Å². The maximum Gasteiger partial charge on any atom is 0.416 e. The number of hydrogen-bond acceptors (Lipinski definition) is 9. The van der Waals surface area contributed by atoms with Crippen LogP contribution >= 0.6 is 0 Å². The highest BCUT2D eigenvalue weighted by atomic mass is 32.2. The van der Waals surface area contributed by atoms with E-state index in [1.54, 1.807) is 12.2 Å². The Morgan fingerprint density at radius 2 is 1.30 bits per heavy atom. The van der Waals surface area contributed by atoms with Crippen LogP contribution in [0.4, 0.5) is 26.3 Å². The molecule has 18 heteroatoms. The van der Waals surface area contributed by atoms with E-state index in [-0.39, 0.29) is 29.8 Å². The summed E-state index contributed by atoms with van der Waals surface area (Å²) in [6.45, 7) is 1.74. The van der Waals surface area contributed by atoms with E-state index in [9.17, 15) is 39.3 Å². The summed E-state index contributed by atoms with van der Waals surface area (Å²) < 4.78 is 128. The predicted octanol–water partition coefficient (Wildman–Crippen LogP) is 9.39. The molecule has 0 radical (unpaired) electrons. The molecular formula is C39H33F6N5O6S. The van der Waals surface area contributed by atoms with E-state index in [2.05, 4.69) is 20.3 Å². The number of aromatic nitrogens is 5. The number of alkyl halides is 6.